The minimum Gasteiger partial charge on any atom is -0.468 e. The molecule has 1 atom stereocenters. The average Bonchev–Trinajstić information content (AvgIpc) is 3.45. The number of aryl methyl sites for hydroxylation is 2. The fourth-order valence-corrected chi connectivity index (χ4v) is 6.41. The van der Waals surface area contributed by atoms with Crippen molar-refractivity contribution in [2.45, 2.75) is 36.3 Å². The maximum absolute atomic E-state index is 13.9. The van der Waals surface area contributed by atoms with Gasteiger partial charge in [-0.3, -0.25) is 4.18 Å². The molecule has 0 saturated heterocycles. The molecule has 0 fully saturated rings. The molecule has 0 aliphatic rings. The standard InChI is InChI=1S/C29H31NO7S2/c1-23-10-14-26(15-11-23)38(31,32)30(18-20-37-39(33,34)27-16-12-24(2)13-17-27)28(29-9-6-19-36-29)22-35-21-25-7-4-3-5-8-25/h3-17,19,28H,18,20-22H2,1-2H3/t28-/m1/s1. The second-order valence-corrected chi connectivity index (χ2v) is 12.6. The summed E-state index contributed by atoms with van der Waals surface area (Å²) < 4.78 is 71.3. The highest BCUT2D eigenvalue weighted by molar-refractivity contribution is 7.89. The lowest BCUT2D eigenvalue weighted by molar-refractivity contribution is 0.0660. The van der Waals surface area contributed by atoms with Gasteiger partial charge in [0, 0.05) is 6.54 Å². The molecule has 4 aromatic rings. The molecule has 0 aliphatic heterocycles. The highest BCUT2D eigenvalue weighted by Crippen LogP contribution is 2.29. The minimum atomic E-state index is -4.11. The Morgan fingerprint density at radius 1 is 0.769 bits per heavy atom. The molecule has 3 aromatic carbocycles. The van der Waals surface area contributed by atoms with Crippen LogP contribution in [0.1, 0.15) is 28.5 Å². The van der Waals surface area contributed by atoms with E-state index < -0.39 is 32.8 Å². The lowest BCUT2D eigenvalue weighted by Gasteiger charge is -2.29. The van der Waals surface area contributed by atoms with E-state index in [2.05, 4.69) is 0 Å². The van der Waals surface area contributed by atoms with Crippen LogP contribution in [0.5, 0.6) is 0 Å². The van der Waals surface area contributed by atoms with Crippen LogP contribution in [0.4, 0.5) is 0 Å². The smallest absolute Gasteiger partial charge is 0.297 e. The predicted molar refractivity (Wildman–Crippen MR) is 147 cm³/mol. The van der Waals surface area contributed by atoms with Crippen LogP contribution >= 0.6 is 0 Å². The van der Waals surface area contributed by atoms with Crippen LogP contribution in [0, 0.1) is 13.8 Å². The van der Waals surface area contributed by atoms with E-state index in [-0.39, 0.29) is 29.5 Å². The van der Waals surface area contributed by atoms with E-state index in [1.807, 2.05) is 44.2 Å². The fraction of sp³-hybridized carbons (Fsp3) is 0.241. The third-order valence-corrected chi connectivity index (χ3v) is 9.34. The lowest BCUT2D eigenvalue weighted by atomic mass is 10.2. The summed E-state index contributed by atoms with van der Waals surface area (Å²) in [5.74, 6) is 0.361. The monoisotopic (exact) mass is 569 g/mol. The Morgan fingerprint density at radius 3 is 1.97 bits per heavy atom. The molecule has 0 N–H and O–H groups in total. The molecule has 4 rings (SSSR count). The average molecular weight is 570 g/mol. The second kappa shape index (κ2) is 12.7. The van der Waals surface area contributed by atoms with Crippen LogP contribution in [-0.2, 0) is 35.7 Å². The highest BCUT2D eigenvalue weighted by Gasteiger charge is 2.35. The molecule has 0 saturated carbocycles. The molecule has 1 aromatic heterocycles. The van der Waals surface area contributed by atoms with Crippen molar-refractivity contribution in [2.24, 2.45) is 0 Å². The van der Waals surface area contributed by atoms with Crippen molar-refractivity contribution in [3.63, 3.8) is 0 Å². The number of furan rings is 1. The summed E-state index contributed by atoms with van der Waals surface area (Å²) in [5.41, 5.74) is 2.74. The van der Waals surface area contributed by atoms with Gasteiger partial charge in [0.15, 0.2) is 0 Å². The van der Waals surface area contributed by atoms with Crippen LogP contribution in [-0.4, -0.2) is 40.9 Å². The van der Waals surface area contributed by atoms with Gasteiger partial charge in [-0.1, -0.05) is 65.7 Å². The molecule has 206 valence electrons. The van der Waals surface area contributed by atoms with Gasteiger partial charge in [0.2, 0.25) is 10.0 Å². The van der Waals surface area contributed by atoms with E-state index in [1.54, 1.807) is 36.4 Å². The number of nitrogens with zero attached hydrogens (tertiary/aromatic N) is 1. The molecule has 39 heavy (non-hydrogen) atoms. The van der Waals surface area contributed by atoms with E-state index >= 15 is 0 Å². The van der Waals surface area contributed by atoms with Gasteiger partial charge in [-0.15, -0.1) is 0 Å². The first kappa shape index (κ1) is 28.7. The quantitative estimate of drug-likeness (QED) is 0.203. The molecule has 0 amide bonds. The summed E-state index contributed by atoms with van der Waals surface area (Å²) in [6.45, 7) is 3.27. The van der Waals surface area contributed by atoms with Crippen molar-refractivity contribution in [2.75, 3.05) is 19.8 Å². The van der Waals surface area contributed by atoms with Crippen molar-refractivity contribution in [3.8, 4) is 0 Å². The second-order valence-electron chi connectivity index (χ2n) is 9.05. The zero-order valence-corrected chi connectivity index (χ0v) is 23.4. The summed E-state index contributed by atoms with van der Waals surface area (Å²) in [5, 5.41) is 0. The summed E-state index contributed by atoms with van der Waals surface area (Å²) >= 11 is 0. The fourth-order valence-electron chi connectivity index (χ4n) is 3.95. The molecule has 0 radical (unpaired) electrons. The zero-order valence-electron chi connectivity index (χ0n) is 21.8. The Bertz CT molecular complexity index is 1530. The lowest BCUT2D eigenvalue weighted by Crippen LogP contribution is -2.39. The molecule has 10 heteroatoms. The van der Waals surface area contributed by atoms with Gasteiger partial charge in [-0.25, -0.2) is 8.42 Å². The number of sulfonamides is 1. The van der Waals surface area contributed by atoms with E-state index in [9.17, 15) is 16.8 Å². The van der Waals surface area contributed by atoms with E-state index in [0.29, 0.717) is 5.76 Å². The molecule has 0 spiro atoms. The summed E-state index contributed by atoms with van der Waals surface area (Å²) in [6, 6.07) is 24.6. The topological polar surface area (TPSA) is 103 Å². The number of rotatable bonds is 13. The number of hydrogen-bond donors (Lipinski definition) is 0. The molecular formula is C29H31NO7S2. The Balaban J connectivity index is 1.61. The van der Waals surface area contributed by atoms with Crippen LogP contribution < -0.4 is 0 Å². The van der Waals surface area contributed by atoms with Gasteiger partial charge in [0.1, 0.15) is 11.8 Å². The van der Waals surface area contributed by atoms with Gasteiger partial charge in [0.25, 0.3) is 10.1 Å². The predicted octanol–water partition coefficient (Wildman–Crippen LogP) is 5.25. The van der Waals surface area contributed by atoms with E-state index in [4.69, 9.17) is 13.3 Å². The van der Waals surface area contributed by atoms with Crippen LogP contribution in [0.15, 0.2) is 111 Å². The normalized spacial score (nSPS) is 13.0. The number of benzene rings is 3. The first-order valence-electron chi connectivity index (χ1n) is 12.4. The first-order chi connectivity index (χ1) is 18.7. The van der Waals surface area contributed by atoms with Crippen molar-refractivity contribution in [1.29, 1.82) is 0 Å². The van der Waals surface area contributed by atoms with Gasteiger partial charge in [-0.05, 0) is 55.8 Å². The molecular weight excluding hydrogens is 538 g/mol. The Labute approximate surface area is 230 Å². The molecule has 0 aliphatic carbocycles. The van der Waals surface area contributed by atoms with Crippen molar-refractivity contribution >= 4 is 20.1 Å². The van der Waals surface area contributed by atoms with Gasteiger partial charge >= 0.3 is 0 Å². The van der Waals surface area contributed by atoms with Crippen molar-refractivity contribution < 1.29 is 30.2 Å². The largest absolute Gasteiger partial charge is 0.468 e. The minimum absolute atomic E-state index is 0.00480. The number of ether oxygens (including phenoxy) is 1. The Hall–Kier alpha value is -3.28. The first-order valence-corrected chi connectivity index (χ1v) is 15.2. The van der Waals surface area contributed by atoms with E-state index in [1.165, 1.54) is 34.8 Å². The molecule has 0 unspecified atom stereocenters. The SMILES string of the molecule is Cc1ccc(S(=O)(=O)OCCN([C@H](COCc2ccccc2)c2ccco2)S(=O)(=O)c2ccc(C)cc2)cc1. The van der Waals surface area contributed by atoms with E-state index in [0.717, 1.165) is 16.7 Å². The highest BCUT2D eigenvalue weighted by atomic mass is 32.2. The van der Waals surface area contributed by atoms with Crippen LogP contribution in [0.3, 0.4) is 0 Å². The van der Waals surface area contributed by atoms with Crippen molar-refractivity contribution in [3.05, 3.63) is 120 Å². The maximum Gasteiger partial charge on any atom is 0.297 e. The zero-order chi connectivity index (χ0) is 27.9. The van der Waals surface area contributed by atoms with Crippen molar-refractivity contribution in [1.82, 2.24) is 4.31 Å². The third-order valence-electron chi connectivity index (χ3n) is 6.09. The summed E-state index contributed by atoms with van der Waals surface area (Å²) in [7, 11) is -8.20. The van der Waals surface area contributed by atoms with Crippen LogP contribution in [0.2, 0.25) is 0 Å². The van der Waals surface area contributed by atoms with Crippen LogP contribution in [0.25, 0.3) is 0 Å². The third kappa shape index (κ3) is 7.43. The maximum atomic E-state index is 13.9. The summed E-state index contributed by atoms with van der Waals surface area (Å²) in [4.78, 5) is 0.0592. The summed E-state index contributed by atoms with van der Waals surface area (Å²) in [6.07, 6.45) is 1.45. The Morgan fingerprint density at radius 2 is 1.38 bits per heavy atom. The molecule has 1 heterocycles. The Kier molecular flexibility index (Phi) is 9.36. The van der Waals surface area contributed by atoms with Gasteiger partial charge in [-0.2, -0.15) is 12.7 Å². The van der Waals surface area contributed by atoms with Gasteiger partial charge < -0.3 is 9.15 Å². The molecule has 0 bridgehead atoms. The number of hydrogen-bond acceptors (Lipinski definition) is 7. The van der Waals surface area contributed by atoms with Gasteiger partial charge in [0.05, 0.1) is 35.9 Å². The molecule has 8 nitrogen and oxygen atoms in total.